The second-order valence-electron chi connectivity index (χ2n) is 8.46. The van der Waals surface area contributed by atoms with E-state index in [1.807, 2.05) is 0 Å². The Labute approximate surface area is 132 Å². The van der Waals surface area contributed by atoms with E-state index in [-0.39, 0.29) is 0 Å². The van der Waals surface area contributed by atoms with Gasteiger partial charge in [0.25, 0.3) is 0 Å². The second-order valence-corrected chi connectivity index (χ2v) is 8.46. The predicted molar refractivity (Wildman–Crippen MR) is 90.5 cm³/mol. The highest BCUT2D eigenvalue weighted by atomic mass is 15.2. The normalized spacial score (nSPS) is 41.7. The molecule has 4 unspecified atom stereocenters. The second kappa shape index (κ2) is 7.00. The predicted octanol–water partition coefficient (Wildman–Crippen LogP) is 4.06. The zero-order valence-corrected chi connectivity index (χ0v) is 14.4. The Kier molecular flexibility index (Phi) is 5.27. The van der Waals surface area contributed by atoms with Crippen LogP contribution in [-0.2, 0) is 0 Å². The monoisotopic (exact) mass is 292 g/mol. The Morgan fingerprint density at radius 1 is 1.05 bits per heavy atom. The maximum atomic E-state index is 3.53. The van der Waals surface area contributed by atoms with Crippen molar-refractivity contribution in [3.8, 4) is 0 Å². The molecule has 1 saturated heterocycles. The average Bonchev–Trinajstić information content (AvgIpc) is 2.48. The quantitative estimate of drug-likeness (QED) is 0.840. The van der Waals surface area contributed by atoms with Crippen LogP contribution in [0.25, 0.3) is 0 Å². The van der Waals surface area contributed by atoms with E-state index < -0.39 is 0 Å². The van der Waals surface area contributed by atoms with Gasteiger partial charge in [-0.15, -0.1) is 0 Å². The van der Waals surface area contributed by atoms with E-state index in [0.717, 1.165) is 17.9 Å². The third-order valence-corrected chi connectivity index (χ3v) is 6.63. The molecule has 3 rings (SSSR count). The molecule has 0 radical (unpaired) electrons. The molecule has 0 aromatic heterocycles. The van der Waals surface area contributed by atoms with Gasteiger partial charge in [-0.1, -0.05) is 32.6 Å². The molecule has 0 amide bonds. The van der Waals surface area contributed by atoms with Crippen molar-refractivity contribution in [3.63, 3.8) is 0 Å². The van der Waals surface area contributed by atoms with E-state index in [4.69, 9.17) is 0 Å². The zero-order chi connectivity index (χ0) is 14.7. The topological polar surface area (TPSA) is 15.3 Å². The van der Waals surface area contributed by atoms with Gasteiger partial charge in [-0.05, 0) is 69.4 Å². The van der Waals surface area contributed by atoms with Crippen LogP contribution >= 0.6 is 0 Å². The van der Waals surface area contributed by atoms with Crippen LogP contribution in [-0.4, -0.2) is 37.6 Å². The van der Waals surface area contributed by atoms with E-state index in [2.05, 4.69) is 24.2 Å². The number of hydrogen-bond acceptors (Lipinski definition) is 2. The summed E-state index contributed by atoms with van der Waals surface area (Å²) in [6, 6.07) is 0.929. The minimum Gasteiger partial charge on any atom is -0.319 e. The molecular weight excluding hydrogens is 256 g/mol. The molecule has 4 atom stereocenters. The van der Waals surface area contributed by atoms with Gasteiger partial charge in [-0.3, -0.25) is 4.90 Å². The number of nitrogens with one attached hydrogen (secondary N) is 1. The Balaban J connectivity index is 1.69. The molecule has 2 nitrogen and oxygen atoms in total. The summed E-state index contributed by atoms with van der Waals surface area (Å²) in [5.74, 6) is 1.96. The number of nitrogens with zero attached hydrogens (tertiary/aromatic N) is 1. The standard InChI is InChI=1S/C19H36N2/c1-16-7-5-11-19(13-16,14-20-2)15-21-12-6-9-17-8-3-4-10-18(17)21/h16-18,20H,3-15H2,1-2H3. The van der Waals surface area contributed by atoms with E-state index >= 15 is 0 Å². The van der Waals surface area contributed by atoms with Crippen molar-refractivity contribution in [2.75, 3.05) is 26.7 Å². The van der Waals surface area contributed by atoms with Crippen LogP contribution in [0.1, 0.15) is 71.1 Å². The number of rotatable bonds is 4. The lowest BCUT2D eigenvalue weighted by Crippen LogP contribution is -2.53. The molecule has 1 heterocycles. The SMILES string of the molecule is CNCC1(CN2CCCC3CCCCC32)CCCC(C)C1. The summed E-state index contributed by atoms with van der Waals surface area (Å²) in [6.07, 6.45) is 14.7. The van der Waals surface area contributed by atoms with E-state index in [9.17, 15) is 0 Å². The molecule has 3 fully saturated rings. The number of fused-ring (bicyclic) bond motifs is 1. The minimum atomic E-state index is 0.561. The summed E-state index contributed by atoms with van der Waals surface area (Å²) in [5.41, 5.74) is 0.561. The van der Waals surface area contributed by atoms with Gasteiger partial charge < -0.3 is 5.32 Å². The maximum Gasteiger partial charge on any atom is 0.0124 e. The molecule has 0 aromatic carbocycles. The third-order valence-electron chi connectivity index (χ3n) is 6.63. The van der Waals surface area contributed by atoms with Gasteiger partial charge >= 0.3 is 0 Å². The lowest BCUT2D eigenvalue weighted by Gasteiger charge is -2.50. The Morgan fingerprint density at radius 2 is 1.86 bits per heavy atom. The Hall–Kier alpha value is -0.0800. The molecule has 1 aliphatic heterocycles. The van der Waals surface area contributed by atoms with Gasteiger partial charge in [0.1, 0.15) is 0 Å². The van der Waals surface area contributed by atoms with Crippen LogP contribution in [0.15, 0.2) is 0 Å². The van der Waals surface area contributed by atoms with Crippen molar-refractivity contribution in [2.45, 2.75) is 77.2 Å². The molecular formula is C19H36N2. The smallest absolute Gasteiger partial charge is 0.0124 e. The van der Waals surface area contributed by atoms with Gasteiger partial charge in [0.05, 0.1) is 0 Å². The molecule has 0 aromatic rings. The molecule has 21 heavy (non-hydrogen) atoms. The fourth-order valence-electron chi connectivity index (χ4n) is 5.86. The average molecular weight is 293 g/mol. The van der Waals surface area contributed by atoms with Crippen LogP contribution in [0.2, 0.25) is 0 Å². The summed E-state index contributed by atoms with van der Waals surface area (Å²) in [4.78, 5) is 2.93. The van der Waals surface area contributed by atoms with Crippen molar-refractivity contribution in [2.24, 2.45) is 17.3 Å². The first-order valence-electron chi connectivity index (χ1n) is 9.61. The Bertz CT molecular complexity index is 324. The van der Waals surface area contributed by atoms with Gasteiger partial charge in [-0.2, -0.15) is 0 Å². The van der Waals surface area contributed by atoms with Crippen molar-refractivity contribution in [3.05, 3.63) is 0 Å². The van der Waals surface area contributed by atoms with Crippen molar-refractivity contribution in [1.82, 2.24) is 10.2 Å². The first kappa shape index (κ1) is 15.8. The highest BCUT2D eigenvalue weighted by molar-refractivity contribution is 4.94. The largest absolute Gasteiger partial charge is 0.319 e. The number of hydrogen-bond donors (Lipinski definition) is 1. The maximum absolute atomic E-state index is 3.53. The molecule has 3 aliphatic rings. The summed E-state index contributed by atoms with van der Waals surface area (Å²) >= 11 is 0. The van der Waals surface area contributed by atoms with Crippen LogP contribution < -0.4 is 5.32 Å². The molecule has 2 saturated carbocycles. The third kappa shape index (κ3) is 3.64. The summed E-state index contributed by atoms with van der Waals surface area (Å²) in [7, 11) is 2.15. The van der Waals surface area contributed by atoms with Crippen molar-refractivity contribution in [1.29, 1.82) is 0 Å². The molecule has 122 valence electrons. The molecule has 2 heteroatoms. The van der Waals surface area contributed by atoms with E-state index in [1.54, 1.807) is 0 Å². The fraction of sp³-hybridized carbons (Fsp3) is 1.00. The van der Waals surface area contributed by atoms with Crippen LogP contribution in [0.5, 0.6) is 0 Å². The van der Waals surface area contributed by atoms with E-state index in [0.29, 0.717) is 5.41 Å². The number of piperidine rings is 1. The summed E-state index contributed by atoms with van der Waals surface area (Å²) in [6.45, 7) is 6.45. The molecule has 0 bridgehead atoms. The van der Waals surface area contributed by atoms with Gasteiger partial charge in [0.2, 0.25) is 0 Å². The van der Waals surface area contributed by atoms with Gasteiger partial charge in [0.15, 0.2) is 0 Å². The van der Waals surface area contributed by atoms with Crippen LogP contribution in [0, 0.1) is 17.3 Å². The summed E-state index contributed by atoms with van der Waals surface area (Å²) < 4.78 is 0. The zero-order valence-electron chi connectivity index (χ0n) is 14.4. The van der Waals surface area contributed by atoms with Crippen LogP contribution in [0.3, 0.4) is 0 Å². The Morgan fingerprint density at radius 3 is 2.67 bits per heavy atom. The lowest BCUT2D eigenvalue weighted by molar-refractivity contribution is 0.00385. The molecule has 1 N–H and O–H groups in total. The van der Waals surface area contributed by atoms with Gasteiger partial charge in [-0.25, -0.2) is 0 Å². The van der Waals surface area contributed by atoms with E-state index in [1.165, 1.54) is 83.8 Å². The highest BCUT2D eigenvalue weighted by Gasteiger charge is 2.40. The van der Waals surface area contributed by atoms with Crippen molar-refractivity contribution >= 4 is 0 Å². The first-order valence-corrected chi connectivity index (χ1v) is 9.61. The number of likely N-dealkylation sites (tertiary alicyclic amines) is 1. The fourth-order valence-corrected chi connectivity index (χ4v) is 5.86. The minimum absolute atomic E-state index is 0.561. The molecule has 0 spiro atoms. The van der Waals surface area contributed by atoms with Crippen LogP contribution in [0.4, 0.5) is 0 Å². The van der Waals surface area contributed by atoms with Crippen molar-refractivity contribution < 1.29 is 0 Å². The van der Waals surface area contributed by atoms with Gasteiger partial charge in [0, 0.05) is 19.1 Å². The highest BCUT2D eigenvalue weighted by Crippen LogP contribution is 2.42. The lowest BCUT2D eigenvalue weighted by atomic mass is 9.68. The summed E-state index contributed by atoms with van der Waals surface area (Å²) in [5, 5.41) is 3.53. The first-order chi connectivity index (χ1) is 10.2. The molecule has 2 aliphatic carbocycles.